The molecule has 3 heterocycles. The molecule has 0 spiro atoms. The minimum absolute atomic E-state index is 0.196. The van der Waals surface area contributed by atoms with E-state index < -0.39 is 10.0 Å². The van der Waals surface area contributed by atoms with Crippen molar-refractivity contribution in [2.45, 2.75) is 24.8 Å². The fourth-order valence-corrected chi connectivity index (χ4v) is 4.82. The van der Waals surface area contributed by atoms with Crippen LogP contribution in [0.5, 0.6) is 5.75 Å². The van der Waals surface area contributed by atoms with E-state index in [2.05, 4.69) is 15.2 Å². The van der Waals surface area contributed by atoms with Gasteiger partial charge in [-0.25, -0.2) is 13.4 Å². The number of nitrogens with one attached hydrogen (secondary N) is 1. The van der Waals surface area contributed by atoms with Crippen LogP contribution in [-0.2, 0) is 23.0 Å². The third-order valence-corrected chi connectivity index (χ3v) is 6.46. The summed E-state index contributed by atoms with van der Waals surface area (Å²) in [7, 11) is -2.16. The van der Waals surface area contributed by atoms with Gasteiger partial charge < -0.3 is 4.74 Å². The fourth-order valence-electron chi connectivity index (χ4n) is 3.26. The minimum atomic E-state index is -3.65. The van der Waals surface area contributed by atoms with Gasteiger partial charge in [0.05, 0.1) is 13.3 Å². The predicted molar refractivity (Wildman–Crippen MR) is 92.9 cm³/mol. The van der Waals surface area contributed by atoms with E-state index in [0.717, 1.165) is 27.7 Å². The van der Waals surface area contributed by atoms with E-state index >= 15 is 0 Å². The molecule has 0 saturated heterocycles. The number of pyridine rings is 1. The molecule has 7 nitrogen and oxygen atoms in total. The molecule has 130 valence electrons. The Morgan fingerprint density at radius 1 is 1.28 bits per heavy atom. The molecule has 0 aliphatic carbocycles. The van der Waals surface area contributed by atoms with Gasteiger partial charge >= 0.3 is 0 Å². The summed E-state index contributed by atoms with van der Waals surface area (Å²) in [5.74, 6) is 0.370. The number of nitrogens with zero attached hydrogens (tertiary/aromatic N) is 3. The van der Waals surface area contributed by atoms with E-state index in [1.54, 1.807) is 30.6 Å². The number of hydrogen-bond donors (Lipinski definition) is 1. The lowest BCUT2D eigenvalue weighted by atomic mass is 10.0. The Hall–Kier alpha value is -2.45. The van der Waals surface area contributed by atoms with E-state index in [1.807, 2.05) is 6.92 Å². The smallest absolute Gasteiger partial charge is 0.247 e. The van der Waals surface area contributed by atoms with Crippen molar-refractivity contribution >= 4 is 21.1 Å². The van der Waals surface area contributed by atoms with Crippen LogP contribution in [0.15, 0.2) is 35.5 Å². The number of methoxy groups -OCH3 is 1. The number of benzene rings is 1. The van der Waals surface area contributed by atoms with E-state index in [1.165, 1.54) is 11.4 Å². The van der Waals surface area contributed by atoms with E-state index in [-0.39, 0.29) is 4.90 Å². The topological polar surface area (TPSA) is 88.2 Å². The number of fused-ring (bicyclic) bond motifs is 3. The van der Waals surface area contributed by atoms with Gasteiger partial charge in [0, 0.05) is 24.7 Å². The summed E-state index contributed by atoms with van der Waals surface area (Å²) >= 11 is 0. The summed E-state index contributed by atoms with van der Waals surface area (Å²) < 4.78 is 33.0. The summed E-state index contributed by atoms with van der Waals surface area (Å²) in [6, 6.07) is 5.13. The predicted octanol–water partition coefficient (Wildman–Crippen LogP) is 2.02. The van der Waals surface area contributed by atoms with Crippen molar-refractivity contribution in [3.8, 4) is 5.75 Å². The molecule has 0 fully saturated rings. The van der Waals surface area contributed by atoms with Gasteiger partial charge in [0.15, 0.2) is 5.65 Å². The lowest BCUT2D eigenvalue weighted by Gasteiger charge is -2.28. The quantitative estimate of drug-likeness (QED) is 0.774. The monoisotopic (exact) mass is 358 g/mol. The van der Waals surface area contributed by atoms with Crippen LogP contribution < -0.4 is 4.74 Å². The molecule has 8 heteroatoms. The van der Waals surface area contributed by atoms with Gasteiger partial charge in [-0.15, -0.1) is 0 Å². The van der Waals surface area contributed by atoms with Gasteiger partial charge in [-0.2, -0.15) is 9.40 Å². The van der Waals surface area contributed by atoms with Crippen LogP contribution in [0, 0.1) is 6.92 Å². The maximum Gasteiger partial charge on any atom is 0.247 e. The number of rotatable bonds is 3. The Kier molecular flexibility index (Phi) is 3.73. The Morgan fingerprint density at radius 3 is 2.92 bits per heavy atom. The Labute approximate surface area is 145 Å². The second-order valence-corrected chi connectivity index (χ2v) is 8.04. The summed E-state index contributed by atoms with van der Waals surface area (Å²) in [5.41, 5.74) is 3.71. The number of aryl methyl sites for hydroxylation is 1. The molecule has 0 amide bonds. The number of aromatic amines is 1. The Balaban J connectivity index is 1.73. The zero-order valence-electron chi connectivity index (χ0n) is 14.0. The summed E-state index contributed by atoms with van der Waals surface area (Å²) in [5, 5.41) is 7.83. The number of aromatic nitrogens is 3. The van der Waals surface area contributed by atoms with Gasteiger partial charge in [0.2, 0.25) is 10.0 Å². The van der Waals surface area contributed by atoms with Crippen molar-refractivity contribution in [3.05, 3.63) is 47.3 Å². The first-order chi connectivity index (χ1) is 12.0. The lowest BCUT2D eigenvalue weighted by molar-refractivity contribution is 0.378. The number of hydrogen-bond acceptors (Lipinski definition) is 5. The molecule has 0 unspecified atom stereocenters. The maximum atomic E-state index is 13.1. The molecule has 1 aliphatic heterocycles. The number of H-pyrrole nitrogens is 1. The van der Waals surface area contributed by atoms with Gasteiger partial charge in [-0.3, -0.25) is 5.10 Å². The molecule has 1 aliphatic rings. The van der Waals surface area contributed by atoms with Crippen LogP contribution in [0.3, 0.4) is 0 Å². The second-order valence-electron chi connectivity index (χ2n) is 6.14. The molecule has 0 bridgehead atoms. The lowest BCUT2D eigenvalue weighted by Crippen LogP contribution is -2.36. The van der Waals surface area contributed by atoms with Crippen LogP contribution >= 0.6 is 0 Å². The third kappa shape index (κ3) is 2.58. The van der Waals surface area contributed by atoms with Crippen molar-refractivity contribution in [2.24, 2.45) is 0 Å². The van der Waals surface area contributed by atoms with Crippen molar-refractivity contribution < 1.29 is 13.2 Å². The molecule has 4 rings (SSSR count). The zero-order chi connectivity index (χ0) is 17.6. The van der Waals surface area contributed by atoms with Crippen LogP contribution in [0.25, 0.3) is 11.0 Å². The van der Waals surface area contributed by atoms with Crippen molar-refractivity contribution in [1.29, 1.82) is 0 Å². The molecule has 0 radical (unpaired) electrons. The molecular weight excluding hydrogens is 340 g/mol. The number of ether oxygens (including phenoxy) is 1. The first-order valence-corrected chi connectivity index (χ1v) is 9.39. The van der Waals surface area contributed by atoms with Crippen LogP contribution in [-0.4, -0.2) is 41.6 Å². The van der Waals surface area contributed by atoms with Crippen molar-refractivity contribution in [2.75, 3.05) is 13.7 Å². The second kappa shape index (κ2) is 5.82. The van der Waals surface area contributed by atoms with Crippen LogP contribution in [0.4, 0.5) is 0 Å². The molecular formula is C17H18N4O3S. The van der Waals surface area contributed by atoms with Gasteiger partial charge in [0.1, 0.15) is 10.6 Å². The average molecular weight is 358 g/mol. The summed E-state index contributed by atoms with van der Waals surface area (Å²) in [6.07, 6.45) is 4.10. The van der Waals surface area contributed by atoms with Gasteiger partial charge in [-0.05, 0) is 42.2 Å². The average Bonchev–Trinajstić information content (AvgIpc) is 3.10. The fraction of sp³-hybridized carbons (Fsp3) is 0.294. The molecule has 3 aromatic rings. The van der Waals surface area contributed by atoms with Crippen LogP contribution in [0.1, 0.15) is 16.7 Å². The van der Waals surface area contributed by atoms with Gasteiger partial charge in [-0.1, -0.05) is 6.07 Å². The largest absolute Gasteiger partial charge is 0.495 e. The first kappa shape index (κ1) is 16.0. The first-order valence-electron chi connectivity index (χ1n) is 7.95. The van der Waals surface area contributed by atoms with Crippen LogP contribution in [0.2, 0.25) is 0 Å². The van der Waals surface area contributed by atoms with E-state index in [9.17, 15) is 8.42 Å². The molecule has 1 aromatic carbocycles. The van der Waals surface area contributed by atoms with E-state index in [4.69, 9.17) is 4.74 Å². The molecule has 25 heavy (non-hydrogen) atoms. The standard InChI is InChI=1S/C17H18N4O3S/c1-11-3-4-16(15(7-11)24-2)25(22,23)21-6-5-13-12(10-21)8-18-17-14(13)9-19-20-17/h3-4,7-9H,5-6,10H2,1-2H3,(H,18,19,20). The molecule has 1 N–H and O–H groups in total. The summed E-state index contributed by atoms with van der Waals surface area (Å²) in [4.78, 5) is 4.52. The molecule has 2 aromatic heterocycles. The van der Waals surface area contributed by atoms with Crippen molar-refractivity contribution in [3.63, 3.8) is 0 Å². The highest BCUT2D eigenvalue weighted by molar-refractivity contribution is 7.89. The van der Waals surface area contributed by atoms with Crippen molar-refractivity contribution in [1.82, 2.24) is 19.5 Å². The number of sulfonamides is 1. The highest BCUT2D eigenvalue weighted by atomic mass is 32.2. The highest BCUT2D eigenvalue weighted by Gasteiger charge is 2.31. The normalized spacial score (nSPS) is 15.3. The maximum absolute atomic E-state index is 13.1. The molecule has 0 saturated carbocycles. The minimum Gasteiger partial charge on any atom is -0.495 e. The zero-order valence-corrected chi connectivity index (χ0v) is 14.8. The van der Waals surface area contributed by atoms with Gasteiger partial charge in [0.25, 0.3) is 0 Å². The Morgan fingerprint density at radius 2 is 2.12 bits per heavy atom. The summed E-state index contributed by atoms with van der Waals surface area (Å²) in [6.45, 7) is 2.61. The molecule has 0 atom stereocenters. The SMILES string of the molecule is COc1cc(C)ccc1S(=O)(=O)N1CCc2c(cnc3[nH]ncc23)C1. The van der Waals surface area contributed by atoms with E-state index in [0.29, 0.717) is 25.3 Å². The highest BCUT2D eigenvalue weighted by Crippen LogP contribution is 2.32. The third-order valence-electron chi connectivity index (χ3n) is 4.58. The Bertz CT molecular complexity index is 1060.